The van der Waals surface area contributed by atoms with Crippen molar-refractivity contribution in [2.45, 2.75) is 18.9 Å². The lowest BCUT2D eigenvalue weighted by atomic mass is 10.0. The highest BCUT2D eigenvalue weighted by atomic mass is 35.5. The van der Waals surface area contributed by atoms with Gasteiger partial charge in [0.2, 0.25) is 0 Å². The van der Waals surface area contributed by atoms with Crippen LogP contribution in [0.2, 0.25) is 5.02 Å². The summed E-state index contributed by atoms with van der Waals surface area (Å²) in [5.74, 6) is -0.118. The summed E-state index contributed by atoms with van der Waals surface area (Å²) in [5, 5.41) is 4.44. The Morgan fingerprint density at radius 1 is 1.19 bits per heavy atom. The molecule has 1 fully saturated rings. The van der Waals surface area contributed by atoms with Gasteiger partial charge in [-0.1, -0.05) is 48.0 Å². The Labute approximate surface area is 157 Å². The van der Waals surface area contributed by atoms with Gasteiger partial charge in [-0.05, 0) is 31.0 Å². The van der Waals surface area contributed by atoms with E-state index in [1.807, 2.05) is 54.6 Å². The summed E-state index contributed by atoms with van der Waals surface area (Å²) in [4.78, 5) is 17.6. The molecule has 5 heteroatoms. The second kappa shape index (κ2) is 7.44. The second-order valence-corrected chi connectivity index (χ2v) is 6.80. The molecule has 0 radical (unpaired) electrons. The van der Waals surface area contributed by atoms with Crippen LogP contribution in [0.1, 0.15) is 23.2 Å². The topological polar surface area (TPSA) is 51.2 Å². The summed E-state index contributed by atoms with van der Waals surface area (Å²) in [7, 11) is 0. The summed E-state index contributed by atoms with van der Waals surface area (Å²) in [5.41, 5.74) is 2.88. The van der Waals surface area contributed by atoms with Gasteiger partial charge in [0, 0.05) is 29.1 Å². The van der Waals surface area contributed by atoms with Crippen molar-refractivity contribution in [2.75, 3.05) is 13.2 Å². The molecule has 0 spiro atoms. The van der Waals surface area contributed by atoms with E-state index in [1.54, 1.807) is 0 Å². The number of para-hydroxylation sites is 1. The van der Waals surface area contributed by atoms with Crippen LogP contribution in [0.4, 0.5) is 0 Å². The van der Waals surface area contributed by atoms with Crippen molar-refractivity contribution in [1.29, 1.82) is 0 Å². The zero-order valence-electron chi connectivity index (χ0n) is 14.2. The Morgan fingerprint density at radius 2 is 2.00 bits per heavy atom. The van der Waals surface area contributed by atoms with Gasteiger partial charge in [-0.2, -0.15) is 0 Å². The number of benzene rings is 2. The minimum absolute atomic E-state index is 0.107. The van der Waals surface area contributed by atoms with Crippen LogP contribution in [-0.2, 0) is 4.74 Å². The highest BCUT2D eigenvalue weighted by molar-refractivity contribution is 6.33. The number of nitrogens with zero attached hydrogens (tertiary/aromatic N) is 1. The number of carbonyl (C=O) groups is 1. The smallest absolute Gasteiger partial charge is 0.252 e. The van der Waals surface area contributed by atoms with Gasteiger partial charge in [-0.3, -0.25) is 4.79 Å². The summed E-state index contributed by atoms with van der Waals surface area (Å²) in [6, 6.07) is 17.0. The number of ether oxygens (including phenoxy) is 1. The number of rotatable bonds is 4. The number of aromatic nitrogens is 1. The van der Waals surface area contributed by atoms with E-state index >= 15 is 0 Å². The molecule has 3 aromatic rings. The van der Waals surface area contributed by atoms with Crippen LogP contribution < -0.4 is 5.32 Å². The molecule has 2 heterocycles. The molecule has 0 aliphatic carbocycles. The molecule has 1 aromatic heterocycles. The quantitative estimate of drug-likeness (QED) is 0.741. The molecule has 4 nitrogen and oxygen atoms in total. The zero-order chi connectivity index (χ0) is 17.9. The largest absolute Gasteiger partial charge is 0.376 e. The molecule has 0 bridgehead atoms. The maximum Gasteiger partial charge on any atom is 0.252 e. The summed E-state index contributed by atoms with van der Waals surface area (Å²) < 4.78 is 5.59. The van der Waals surface area contributed by atoms with Crippen LogP contribution in [0.15, 0.2) is 54.6 Å². The SMILES string of the molecule is O=C(NC[C@H]1CCCO1)c1cc(-c2ccccc2Cl)nc2ccccc12. The molecule has 2 aromatic carbocycles. The Balaban J connectivity index is 1.72. The lowest BCUT2D eigenvalue weighted by Crippen LogP contribution is -2.31. The molecule has 0 saturated carbocycles. The first kappa shape index (κ1) is 17.0. The lowest BCUT2D eigenvalue weighted by molar-refractivity contribution is 0.0859. The van der Waals surface area contributed by atoms with Gasteiger partial charge >= 0.3 is 0 Å². The molecular weight excluding hydrogens is 348 g/mol. The first-order valence-corrected chi connectivity index (χ1v) is 9.14. The highest BCUT2D eigenvalue weighted by Gasteiger charge is 2.19. The number of pyridine rings is 1. The molecule has 1 aliphatic heterocycles. The average Bonchev–Trinajstić information content (AvgIpc) is 3.19. The summed E-state index contributed by atoms with van der Waals surface area (Å²) in [6.07, 6.45) is 2.15. The number of carbonyl (C=O) groups excluding carboxylic acids is 1. The molecule has 1 amide bonds. The van der Waals surface area contributed by atoms with E-state index in [-0.39, 0.29) is 12.0 Å². The lowest BCUT2D eigenvalue weighted by Gasteiger charge is -2.13. The maximum absolute atomic E-state index is 12.9. The average molecular weight is 367 g/mol. The highest BCUT2D eigenvalue weighted by Crippen LogP contribution is 2.29. The normalized spacial score (nSPS) is 16.7. The van der Waals surface area contributed by atoms with E-state index in [9.17, 15) is 4.79 Å². The van der Waals surface area contributed by atoms with Gasteiger partial charge in [0.15, 0.2) is 0 Å². The van der Waals surface area contributed by atoms with E-state index < -0.39 is 0 Å². The summed E-state index contributed by atoms with van der Waals surface area (Å²) >= 11 is 6.33. The fourth-order valence-electron chi connectivity index (χ4n) is 3.28. The maximum atomic E-state index is 12.9. The van der Waals surface area contributed by atoms with Crippen LogP contribution in [0.5, 0.6) is 0 Å². The van der Waals surface area contributed by atoms with Gasteiger partial charge in [0.25, 0.3) is 5.91 Å². The number of hydrogen-bond donors (Lipinski definition) is 1. The Morgan fingerprint density at radius 3 is 2.81 bits per heavy atom. The first-order valence-electron chi connectivity index (χ1n) is 8.77. The van der Waals surface area contributed by atoms with Crippen molar-refractivity contribution in [3.8, 4) is 11.3 Å². The van der Waals surface area contributed by atoms with Crippen molar-refractivity contribution >= 4 is 28.4 Å². The molecule has 132 valence electrons. The standard InChI is InChI=1S/C21H19ClN2O2/c22-18-9-3-1-8-16(18)20-12-17(15-7-2-4-10-19(15)24-20)21(25)23-13-14-6-5-11-26-14/h1-4,7-10,12,14H,5-6,11,13H2,(H,23,25)/t14-/m1/s1. The molecule has 4 rings (SSSR count). The monoisotopic (exact) mass is 366 g/mol. The fraction of sp³-hybridized carbons (Fsp3) is 0.238. The van der Waals surface area contributed by atoms with Gasteiger partial charge in [0.05, 0.1) is 22.9 Å². The third-order valence-electron chi connectivity index (χ3n) is 4.62. The minimum atomic E-state index is -0.118. The Bertz CT molecular complexity index is 952. The Hall–Kier alpha value is -2.43. The number of hydrogen-bond acceptors (Lipinski definition) is 3. The molecule has 1 atom stereocenters. The van der Waals surface area contributed by atoms with E-state index in [1.165, 1.54) is 0 Å². The van der Waals surface area contributed by atoms with Crippen molar-refractivity contribution < 1.29 is 9.53 Å². The summed E-state index contributed by atoms with van der Waals surface area (Å²) in [6.45, 7) is 1.30. The number of nitrogens with one attached hydrogen (secondary N) is 1. The predicted molar refractivity (Wildman–Crippen MR) is 103 cm³/mol. The fourth-order valence-corrected chi connectivity index (χ4v) is 3.51. The third-order valence-corrected chi connectivity index (χ3v) is 4.95. The zero-order valence-corrected chi connectivity index (χ0v) is 15.0. The molecular formula is C21H19ClN2O2. The van der Waals surface area contributed by atoms with Crippen molar-refractivity contribution in [1.82, 2.24) is 10.3 Å². The number of amides is 1. The van der Waals surface area contributed by atoms with Crippen molar-refractivity contribution in [2.24, 2.45) is 0 Å². The van der Waals surface area contributed by atoms with Gasteiger partial charge in [-0.15, -0.1) is 0 Å². The molecule has 26 heavy (non-hydrogen) atoms. The van der Waals surface area contributed by atoms with Crippen LogP contribution in [0.3, 0.4) is 0 Å². The van der Waals surface area contributed by atoms with Crippen molar-refractivity contribution in [3.63, 3.8) is 0 Å². The first-order chi connectivity index (χ1) is 12.7. The van der Waals surface area contributed by atoms with Gasteiger partial charge in [0.1, 0.15) is 0 Å². The second-order valence-electron chi connectivity index (χ2n) is 6.40. The van der Waals surface area contributed by atoms with Gasteiger partial charge in [-0.25, -0.2) is 4.98 Å². The molecule has 1 saturated heterocycles. The van der Waals surface area contributed by atoms with E-state index in [4.69, 9.17) is 21.3 Å². The van der Waals surface area contributed by atoms with Crippen LogP contribution in [-0.4, -0.2) is 30.1 Å². The number of halogens is 1. The number of fused-ring (bicyclic) bond motifs is 1. The molecule has 0 unspecified atom stereocenters. The third kappa shape index (κ3) is 3.43. The van der Waals surface area contributed by atoms with Crippen LogP contribution in [0.25, 0.3) is 22.2 Å². The Kier molecular flexibility index (Phi) is 4.87. The van der Waals surface area contributed by atoms with Crippen LogP contribution in [0, 0.1) is 0 Å². The predicted octanol–water partition coefficient (Wildman–Crippen LogP) is 4.46. The van der Waals surface area contributed by atoms with E-state index in [0.29, 0.717) is 22.8 Å². The van der Waals surface area contributed by atoms with E-state index in [2.05, 4.69) is 5.32 Å². The molecule has 1 N–H and O–H groups in total. The van der Waals surface area contributed by atoms with Crippen molar-refractivity contribution in [3.05, 3.63) is 65.2 Å². The molecule has 1 aliphatic rings. The van der Waals surface area contributed by atoms with Gasteiger partial charge < -0.3 is 10.1 Å². The van der Waals surface area contributed by atoms with E-state index in [0.717, 1.165) is 35.9 Å². The minimum Gasteiger partial charge on any atom is -0.376 e. The van der Waals surface area contributed by atoms with Crippen LogP contribution >= 0.6 is 11.6 Å².